The second kappa shape index (κ2) is 11.0. The predicted molar refractivity (Wildman–Crippen MR) is 121 cm³/mol. The Morgan fingerprint density at radius 1 is 1.18 bits per heavy atom. The van der Waals surface area contributed by atoms with Crippen LogP contribution in [0.1, 0.15) is 62.6 Å². The van der Waals surface area contributed by atoms with Crippen LogP contribution in [-0.4, -0.2) is 52.6 Å². The Morgan fingerprint density at radius 2 is 1.85 bits per heavy atom. The third-order valence-electron chi connectivity index (χ3n) is 5.73. The van der Waals surface area contributed by atoms with Crippen LogP contribution >= 0.6 is 0 Å². The third-order valence-corrected chi connectivity index (χ3v) is 5.73. The number of benzene rings is 1. The number of ether oxygens (including phenoxy) is 2. The van der Waals surface area contributed by atoms with Crippen LogP contribution in [-0.2, 0) is 14.3 Å². The van der Waals surface area contributed by atoms with Crippen molar-refractivity contribution in [1.82, 2.24) is 10.1 Å². The Hall–Kier alpha value is -3.36. The molecule has 0 saturated carbocycles. The number of aryl methyl sites for hydroxylation is 1. The van der Waals surface area contributed by atoms with Crippen molar-refractivity contribution in [2.75, 3.05) is 11.9 Å². The molecule has 33 heavy (non-hydrogen) atoms. The fourth-order valence-corrected chi connectivity index (χ4v) is 3.97. The topological polar surface area (TPSA) is 111 Å². The second-order valence-corrected chi connectivity index (χ2v) is 8.36. The SMILES string of the molecule is CC[C@H](OC(=O)c1ccc(OCC(=O)N2[C@H](C)CCC[C@@H]2C)cc1)C(=O)Nc1cc(C)on1. The average Bonchev–Trinajstić information content (AvgIpc) is 3.20. The Balaban J connectivity index is 1.52. The summed E-state index contributed by atoms with van der Waals surface area (Å²) in [6, 6.07) is 8.28. The molecule has 0 spiro atoms. The maximum atomic E-state index is 12.6. The molecule has 0 bridgehead atoms. The number of carbonyl (C=O) groups excluding carboxylic acids is 3. The van der Waals surface area contributed by atoms with Crippen molar-refractivity contribution in [2.45, 2.75) is 71.6 Å². The largest absolute Gasteiger partial charge is 0.484 e. The van der Waals surface area contributed by atoms with E-state index < -0.39 is 18.0 Å². The number of nitrogens with zero attached hydrogens (tertiary/aromatic N) is 2. The molecule has 1 saturated heterocycles. The van der Waals surface area contributed by atoms with Gasteiger partial charge in [0, 0.05) is 18.2 Å². The van der Waals surface area contributed by atoms with Gasteiger partial charge in [0.05, 0.1) is 5.56 Å². The zero-order chi connectivity index (χ0) is 24.0. The lowest BCUT2D eigenvalue weighted by molar-refractivity contribution is -0.139. The van der Waals surface area contributed by atoms with Gasteiger partial charge in [-0.1, -0.05) is 12.1 Å². The standard InChI is InChI=1S/C24H31N3O6/c1-5-20(23(29)25-21-13-17(4)33-26-21)32-24(30)18-9-11-19(12-10-18)31-14-22(28)27-15(2)7-6-8-16(27)3/h9-13,15-16,20H,5-8,14H2,1-4H3,(H,25,26,29)/t15-,16+,20-/m0/s1. The monoisotopic (exact) mass is 457 g/mol. The molecule has 3 atom stereocenters. The van der Waals surface area contributed by atoms with Gasteiger partial charge in [0.1, 0.15) is 11.5 Å². The van der Waals surface area contributed by atoms with Gasteiger partial charge in [-0.05, 0) is 70.7 Å². The predicted octanol–water partition coefficient (Wildman–Crippen LogP) is 3.73. The van der Waals surface area contributed by atoms with Gasteiger partial charge in [-0.3, -0.25) is 9.59 Å². The molecule has 1 N–H and O–H groups in total. The van der Waals surface area contributed by atoms with Gasteiger partial charge in [-0.2, -0.15) is 0 Å². The number of aromatic nitrogens is 1. The molecule has 1 aromatic heterocycles. The number of rotatable bonds is 8. The smallest absolute Gasteiger partial charge is 0.338 e. The van der Waals surface area contributed by atoms with Crippen molar-refractivity contribution < 1.29 is 28.4 Å². The molecule has 2 amide bonds. The van der Waals surface area contributed by atoms with E-state index in [1.54, 1.807) is 44.2 Å². The van der Waals surface area contributed by atoms with E-state index in [0.29, 0.717) is 17.9 Å². The number of anilines is 1. The summed E-state index contributed by atoms with van der Waals surface area (Å²) in [7, 11) is 0. The molecule has 2 aromatic rings. The van der Waals surface area contributed by atoms with Crippen LogP contribution in [0.2, 0.25) is 0 Å². The average molecular weight is 458 g/mol. The summed E-state index contributed by atoms with van der Waals surface area (Å²) in [4.78, 5) is 39.4. The zero-order valence-electron chi connectivity index (χ0n) is 19.5. The minimum absolute atomic E-state index is 0.0442. The number of likely N-dealkylation sites (tertiary alicyclic amines) is 1. The summed E-state index contributed by atoms with van der Waals surface area (Å²) in [5.74, 6) is 0.127. The van der Waals surface area contributed by atoms with Crippen LogP contribution in [0.5, 0.6) is 5.75 Å². The van der Waals surface area contributed by atoms with E-state index in [-0.39, 0.29) is 36.0 Å². The minimum Gasteiger partial charge on any atom is -0.484 e. The first-order chi connectivity index (χ1) is 15.8. The lowest BCUT2D eigenvalue weighted by Crippen LogP contribution is -2.49. The highest BCUT2D eigenvalue weighted by Crippen LogP contribution is 2.23. The van der Waals surface area contributed by atoms with Gasteiger partial charge in [0.25, 0.3) is 11.8 Å². The molecule has 1 aliphatic heterocycles. The lowest BCUT2D eigenvalue weighted by Gasteiger charge is -2.38. The summed E-state index contributed by atoms with van der Waals surface area (Å²) in [5, 5.41) is 6.26. The molecular weight excluding hydrogens is 426 g/mol. The van der Waals surface area contributed by atoms with Crippen molar-refractivity contribution >= 4 is 23.6 Å². The van der Waals surface area contributed by atoms with E-state index in [1.807, 2.05) is 4.90 Å². The summed E-state index contributed by atoms with van der Waals surface area (Å²) in [6.45, 7) is 7.51. The van der Waals surface area contributed by atoms with Crippen molar-refractivity contribution in [2.24, 2.45) is 0 Å². The Bertz CT molecular complexity index is 961. The van der Waals surface area contributed by atoms with Crippen molar-refractivity contribution in [3.05, 3.63) is 41.7 Å². The van der Waals surface area contributed by atoms with Crippen molar-refractivity contribution in [1.29, 1.82) is 0 Å². The number of carbonyl (C=O) groups is 3. The Labute approximate surface area is 193 Å². The normalized spacial score (nSPS) is 19.0. The van der Waals surface area contributed by atoms with Crippen LogP contribution in [0.25, 0.3) is 0 Å². The fourth-order valence-electron chi connectivity index (χ4n) is 3.97. The van der Waals surface area contributed by atoms with Gasteiger partial charge in [0.2, 0.25) is 0 Å². The number of nitrogens with one attached hydrogen (secondary N) is 1. The highest BCUT2D eigenvalue weighted by molar-refractivity contribution is 5.97. The summed E-state index contributed by atoms with van der Waals surface area (Å²) >= 11 is 0. The van der Waals surface area contributed by atoms with Gasteiger partial charge >= 0.3 is 5.97 Å². The molecule has 3 rings (SSSR count). The number of amides is 2. The van der Waals surface area contributed by atoms with Crippen LogP contribution in [0.4, 0.5) is 5.82 Å². The molecule has 0 radical (unpaired) electrons. The number of hydrogen-bond acceptors (Lipinski definition) is 7. The number of piperidine rings is 1. The van der Waals surface area contributed by atoms with Crippen LogP contribution in [0.3, 0.4) is 0 Å². The molecule has 2 heterocycles. The molecular formula is C24H31N3O6. The summed E-state index contributed by atoms with van der Waals surface area (Å²) < 4.78 is 15.9. The fraction of sp³-hybridized carbons (Fsp3) is 0.500. The third kappa shape index (κ3) is 6.34. The van der Waals surface area contributed by atoms with Crippen LogP contribution in [0.15, 0.2) is 34.9 Å². The number of esters is 1. The van der Waals surface area contributed by atoms with Crippen molar-refractivity contribution in [3.8, 4) is 5.75 Å². The van der Waals surface area contributed by atoms with Gasteiger partial charge in [-0.15, -0.1) is 0 Å². The molecule has 9 nitrogen and oxygen atoms in total. The molecule has 0 aliphatic carbocycles. The first-order valence-corrected chi connectivity index (χ1v) is 11.3. The van der Waals surface area contributed by atoms with Crippen molar-refractivity contribution in [3.63, 3.8) is 0 Å². The number of hydrogen-bond donors (Lipinski definition) is 1. The molecule has 1 aromatic carbocycles. The summed E-state index contributed by atoms with van der Waals surface area (Å²) in [5.41, 5.74) is 0.274. The second-order valence-electron chi connectivity index (χ2n) is 8.36. The van der Waals surface area contributed by atoms with Crippen LogP contribution < -0.4 is 10.1 Å². The molecule has 178 valence electrons. The van der Waals surface area contributed by atoms with E-state index in [0.717, 1.165) is 19.3 Å². The molecule has 1 aliphatic rings. The van der Waals surface area contributed by atoms with Gasteiger partial charge < -0.3 is 24.2 Å². The highest BCUT2D eigenvalue weighted by atomic mass is 16.5. The van der Waals surface area contributed by atoms with E-state index in [1.165, 1.54) is 0 Å². The quantitative estimate of drug-likeness (QED) is 0.601. The first-order valence-electron chi connectivity index (χ1n) is 11.3. The zero-order valence-corrected chi connectivity index (χ0v) is 19.5. The first kappa shape index (κ1) is 24.3. The maximum Gasteiger partial charge on any atom is 0.338 e. The summed E-state index contributed by atoms with van der Waals surface area (Å²) in [6.07, 6.45) is 2.45. The molecule has 9 heteroatoms. The van der Waals surface area contributed by atoms with E-state index in [2.05, 4.69) is 24.3 Å². The molecule has 1 fully saturated rings. The minimum atomic E-state index is -0.975. The van der Waals surface area contributed by atoms with Crippen LogP contribution in [0, 0.1) is 6.92 Å². The molecule has 0 unspecified atom stereocenters. The van der Waals surface area contributed by atoms with E-state index in [9.17, 15) is 14.4 Å². The highest BCUT2D eigenvalue weighted by Gasteiger charge is 2.29. The maximum absolute atomic E-state index is 12.6. The van der Waals surface area contributed by atoms with Gasteiger partial charge in [-0.25, -0.2) is 4.79 Å². The lowest BCUT2D eigenvalue weighted by atomic mass is 9.97. The van der Waals surface area contributed by atoms with E-state index >= 15 is 0 Å². The van der Waals surface area contributed by atoms with Gasteiger partial charge in [0.15, 0.2) is 18.5 Å². The van der Waals surface area contributed by atoms with E-state index in [4.69, 9.17) is 14.0 Å². The Kier molecular flexibility index (Phi) is 8.08. The Morgan fingerprint density at radius 3 is 2.42 bits per heavy atom.